The summed E-state index contributed by atoms with van der Waals surface area (Å²) in [6, 6.07) is 42.7. The fourth-order valence-electron chi connectivity index (χ4n) is 6.16. The molecule has 1 aromatic heterocycles. The molecule has 2 aliphatic heterocycles. The van der Waals surface area contributed by atoms with Crippen molar-refractivity contribution >= 4 is 38.4 Å². The molecule has 3 N–H and O–H groups in total. The second kappa shape index (κ2) is 9.81. The van der Waals surface area contributed by atoms with E-state index in [-0.39, 0.29) is 12.3 Å². The van der Waals surface area contributed by atoms with E-state index in [1.54, 1.807) is 0 Å². The lowest BCUT2D eigenvalue weighted by Crippen LogP contribution is -2.51. The Balaban J connectivity index is 1.19. The number of para-hydroxylation sites is 1. The standard InChI is InChI=1S/C36H29N5/c1-3-12-25(13-4-1)34-38-35(26-14-5-2-6-15-26)40-36(39-34)27-20-22-32(37-23-27)41-30-18-10-9-17-29(30)33-28-16-8-7-11-24(28)19-21-31(33)41/h1-22,34-35,38-40H,23H2. The smallest absolute Gasteiger partial charge is 0.132 e. The third-order valence-electron chi connectivity index (χ3n) is 8.13. The van der Waals surface area contributed by atoms with Crippen molar-refractivity contribution in [1.29, 1.82) is 0 Å². The molecule has 0 saturated carbocycles. The van der Waals surface area contributed by atoms with Crippen LogP contribution in [-0.2, 0) is 0 Å². The maximum atomic E-state index is 5.14. The first-order chi connectivity index (χ1) is 20.3. The van der Waals surface area contributed by atoms with Crippen LogP contribution >= 0.6 is 0 Å². The van der Waals surface area contributed by atoms with Crippen molar-refractivity contribution in [2.24, 2.45) is 4.99 Å². The fourth-order valence-corrected chi connectivity index (χ4v) is 6.16. The van der Waals surface area contributed by atoms with Gasteiger partial charge >= 0.3 is 0 Å². The first-order valence-corrected chi connectivity index (χ1v) is 14.1. The summed E-state index contributed by atoms with van der Waals surface area (Å²) < 4.78 is 2.30. The van der Waals surface area contributed by atoms with Crippen LogP contribution in [0.3, 0.4) is 0 Å². The minimum absolute atomic E-state index is 0.0328. The highest BCUT2D eigenvalue weighted by molar-refractivity contribution is 6.24. The van der Waals surface area contributed by atoms with E-state index in [4.69, 9.17) is 4.99 Å². The van der Waals surface area contributed by atoms with Crippen molar-refractivity contribution in [3.05, 3.63) is 156 Å². The summed E-state index contributed by atoms with van der Waals surface area (Å²) in [5.74, 6) is 1.95. The Morgan fingerprint density at radius 1 is 0.585 bits per heavy atom. The van der Waals surface area contributed by atoms with Gasteiger partial charge in [-0.25, -0.2) is 0 Å². The summed E-state index contributed by atoms with van der Waals surface area (Å²) in [6.45, 7) is 0.575. The quantitative estimate of drug-likeness (QED) is 0.222. The molecule has 5 heteroatoms. The number of fused-ring (bicyclic) bond motifs is 5. The lowest BCUT2D eigenvalue weighted by atomic mass is 10.0. The molecule has 198 valence electrons. The van der Waals surface area contributed by atoms with E-state index < -0.39 is 0 Å². The minimum atomic E-state index is -0.0328. The van der Waals surface area contributed by atoms with Crippen LogP contribution in [0.25, 0.3) is 32.6 Å². The molecule has 0 spiro atoms. The molecule has 41 heavy (non-hydrogen) atoms. The Hall–Kier alpha value is -5.13. The Labute approximate surface area is 238 Å². The normalized spacial score (nSPS) is 18.9. The largest absolute Gasteiger partial charge is 0.352 e. The van der Waals surface area contributed by atoms with Crippen LogP contribution in [0.2, 0.25) is 0 Å². The fraction of sp³-hybridized carbons (Fsp3) is 0.0833. The topological polar surface area (TPSA) is 53.4 Å². The number of aliphatic imine (C=N–C) groups is 1. The van der Waals surface area contributed by atoms with Crippen LogP contribution in [0.15, 0.2) is 150 Å². The number of nitrogens with one attached hydrogen (secondary N) is 3. The molecule has 0 amide bonds. The zero-order valence-corrected chi connectivity index (χ0v) is 22.5. The summed E-state index contributed by atoms with van der Waals surface area (Å²) in [5.41, 5.74) is 5.85. The molecule has 3 heterocycles. The molecule has 0 bridgehead atoms. The van der Waals surface area contributed by atoms with Crippen LogP contribution in [0, 0.1) is 0 Å². The Morgan fingerprint density at radius 2 is 1.22 bits per heavy atom. The highest BCUT2D eigenvalue weighted by atomic mass is 15.3. The lowest BCUT2D eigenvalue weighted by Gasteiger charge is -2.37. The first kappa shape index (κ1) is 23.7. The maximum Gasteiger partial charge on any atom is 0.132 e. The molecule has 1 saturated heterocycles. The van der Waals surface area contributed by atoms with Crippen molar-refractivity contribution in [1.82, 2.24) is 20.5 Å². The number of hydrogen-bond donors (Lipinski definition) is 3. The van der Waals surface area contributed by atoms with Crippen molar-refractivity contribution in [3.63, 3.8) is 0 Å². The average molecular weight is 532 g/mol. The SMILES string of the molecule is C1=CC(=C2NC(c3ccccc3)NC(c3ccccc3)N2)CN=C1n1c2ccccc2c2c3ccccc3ccc21. The molecule has 0 aliphatic carbocycles. The monoisotopic (exact) mass is 531 g/mol. The number of aromatic nitrogens is 1. The summed E-state index contributed by atoms with van der Waals surface area (Å²) in [4.78, 5) is 5.14. The number of rotatable bonds is 2. The van der Waals surface area contributed by atoms with Crippen molar-refractivity contribution in [3.8, 4) is 0 Å². The summed E-state index contributed by atoms with van der Waals surface area (Å²) in [7, 11) is 0. The predicted molar refractivity (Wildman–Crippen MR) is 169 cm³/mol. The van der Waals surface area contributed by atoms with Gasteiger partial charge in [0.25, 0.3) is 0 Å². The van der Waals surface area contributed by atoms with Gasteiger partial charge in [0.1, 0.15) is 24.0 Å². The molecule has 2 aliphatic rings. The van der Waals surface area contributed by atoms with Crippen LogP contribution < -0.4 is 16.0 Å². The highest BCUT2D eigenvalue weighted by Gasteiger charge is 2.27. The molecular formula is C36H29N5. The van der Waals surface area contributed by atoms with Crippen molar-refractivity contribution in [2.75, 3.05) is 6.54 Å². The van der Waals surface area contributed by atoms with Gasteiger partial charge in [-0.3, -0.25) is 14.9 Å². The third kappa shape index (κ3) is 4.10. The van der Waals surface area contributed by atoms with Gasteiger partial charge in [0.2, 0.25) is 0 Å². The summed E-state index contributed by atoms with van der Waals surface area (Å²) >= 11 is 0. The van der Waals surface area contributed by atoms with Crippen LogP contribution in [0.1, 0.15) is 23.5 Å². The molecule has 1 fully saturated rings. The average Bonchev–Trinajstić information content (AvgIpc) is 3.40. The third-order valence-corrected chi connectivity index (χ3v) is 8.13. The number of dihydropyridines is 1. The number of hydrogen-bond acceptors (Lipinski definition) is 4. The lowest BCUT2D eigenvalue weighted by molar-refractivity contribution is 0.309. The minimum Gasteiger partial charge on any atom is -0.352 e. The second-order valence-electron chi connectivity index (χ2n) is 10.6. The maximum absolute atomic E-state index is 5.14. The number of allylic oxidation sites excluding steroid dienone is 1. The van der Waals surface area contributed by atoms with Crippen LogP contribution in [0.4, 0.5) is 0 Å². The predicted octanol–water partition coefficient (Wildman–Crippen LogP) is 7.16. The molecule has 2 atom stereocenters. The van der Waals surface area contributed by atoms with Crippen LogP contribution in [-0.4, -0.2) is 16.9 Å². The molecule has 8 rings (SSSR count). The number of nitrogens with zero attached hydrogens (tertiary/aromatic N) is 2. The molecule has 0 radical (unpaired) electrons. The van der Waals surface area contributed by atoms with Gasteiger partial charge in [-0.05, 0) is 46.2 Å². The van der Waals surface area contributed by atoms with E-state index in [9.17, 15) is 0 Å². The van der Waals surface area contributed by atoms with E-state index >= 15 is 0 Å². The van der Waals surface area contributed by atoms with E-state index in [1.807, 2.05) is 0 Å². The van der Waals surface area contributed by atoms with Crippen molar-refractivity contribution in [2.45, 2.75) is 12.3 Å². The molecule has 5 aromatic carbocycles. The van der Waals surface area contributed by atoms with Crippen LogP contribution in [0.5, 0.6) is 0 Å². The Bertz CT molecular complexity index is 1950. The highest BCUT2D eigenvalue weighted by Crippen LogP contribution is 2.35. The van der Waals surface area contributed by atoms with Gasteiger partial charge in [-0.15, -0.1) is 0 Å². The summed E-state index contributed by atoms with van der Waals surface area (Å²) in [5, 5.41) is 16.2. The van der Waals surface area contributed by atoms with Gasteiger partial charge in [0, 0.05) is 16.3 Å². The molecule has 2 unspecified atom stereocenters. The van der Waals surface area contributed by atoms with E-state index in [1.165, 1.54) is 43.7 Å². The van der Waals surface area contributed by atoms with Crippen molar-refractivity contribution < 1.29 is 0 Å². The van der Waals surface area contributed by atoms with Gasteiger partial charge in [0.05, 0.1) is 17.6 Å². The second-order valence-corrected chi connectivity index (χ2v) is 10.6. The first-order valence-electron chi connectivity index (χ1n) is 14.1. The van der Waals surface area contributed by atoms with Gasteiger partial charge in [0.15, 0.2) is 0 Å². The molecule has 5 nitrogen and oxygen atoms in total. The Morgan fingerprint density at radius 3 is 1.90 bits per heavy atom. The van der Waals surface area contributed by atoms with Gasteiger partial charge < -0.3 is 10.6 Å². The number of benzene rings is 5. The van der Waals surface area contributed by atoms with Gasteiger partial charge in [-0.1, -0.05) is 109 Å². The zero-order valence-electron chi connectivity index (χ0n) is 22.5. The molecular weight excluding hydrogens is 502 g/mol. The molecule has 6 aromatic rings. The summed E-state index contributed by atoms with van der Waals surface area (Å²) in [6.07, 6.45) is 4.28. The van der Waals surface area contributed by atoms with E-state index in [0.717, 1.165) is 17.2 Å². The van der Waals surface area contributed by atoms with Gasteiger partial charge in [-0.2, -0.15) is 0 Å². The van der Waals surface area contributed by atoms with E-state index in [0.29, 0.717) is 6.54 Å². The van der Waals surface area contributed by atoms with E-state index in [2.05, 4.69) is 154 Å². The zero-order chi connectivity index (χ0) is 27.2. The Kier molecular flexibility index (Phi) is 5.68.